The van der Waals surface area contributed by atoms with Gasteiger partial charge in [0.1, 0.15) is 11.1 Å². The molecule has 3 heterocycles. The fraction of sp³-hybridized carbons (Fsp3) is 0.231. The summed E-state index contributed by atoms with van der Waals surface area (Å²) >= 11 is 3.39. The van der Waals surface area contributed by atoms with Gasteiger partial charge in [0.2, 0.25) is 0 Å². The van der Waals surface area contributed by atoms with Gasteiger partial charge in [-0.15, -0.1) is 10.2 Å². The average molecular weight is 519 g/mol. The van der Waals surface area contributed by atoms with Crippen LogP contribution in [0.15, 0.2) is 74.3 Å². The molecule has 1 N–H and O–H groups in total. The second-order valence-corrected chi connectivity index (χ2v) is 9.52. The minimum absolute atomic E-state index is 0.0526. The third-order valence-electron chi connectivity index (χ3n) is 6.14. The first kappa shape index (κ1) is 22.3. The van der Waals surface area contributed by atoms with Crippen molar-refractivity contribution in [3.63, 3.8) is 0 Å². The summed E-state index contributed by atoms with van der Waals surface area (Å²) in [5, 5.41) is 12.2. The van der Waals surface area contributed by atoms with Gasteiger partial charge in [-0.05, 0) is 67.3 Å². The molecule has 0 saturated carbocycles. The number of nitrogens with zero attached hydrogens (tertiary/aromatic N) is 3. The molecule has 34 heavy (non-hydrogen) atoms. The molecule has 7 nitrogen and oxygen atoms in total. The zero-order chi connectivity index (χ0) is 23.7. The first-order valence-electron chi connectivity index (χ1n) is 11.2. The number of halogens is 1. The minimum Gasteiger partial charge on any atom is -0.422 e. The molecule has 1 aliphatic heterocycles. The van der Waals surface area contributed by atoms with Crippen LogP contribution in [0.25, 0.3) is 22.2 Å². The number of rotatable bonds is 4. The van der Waals surface area contributed by atoms with Crippen molar-refractivity contribution in [3.05, 3.63) is 81.1 Å². The van der Waals surface area contributed by atoms with Gasteiger partial charge in [-0.1, -0.05) is 35.0 Å². The first-order valence-corrected chi connectivity index (χ1v) is 12.0. The van der Waals surface area contributed by atoms with Gasteiger partial charge in [-0.3, -0.25) is 4.79 Å². The highest BCUT2D eigenvalue weighted by Crippen LogP contribution is 2.24. The van der Waals surface area contributed by atoms with E-state index in [2.05, 4.69) is 43.3 Å². The van der Waals surface area contributed by atoms with Crippen molar-refractivity contribution in [1.82, 2.24) is 10.2 Å². The third-order valence-corrected chi connectivity index (χ3v) is 6.63. The lowest BCUT2D eigenvalue weighted by atomic mass is 9.99. The summed E-state index contributed by atoms with van der Waals surface area (Å²) < 4.78 is 6.12. The maximum absolute atomic E-state index is 12.7. The van der Waals surface area contributed by atoms with Gasteiger partial charge in [0.05, 0.1) is 5.69 Å². The van der Waals surface area contributed by atoms with Crippen LogP contribution in [0, 0.1) is 5.92 Å². The van der Waals surface area contributed by atoms with Crippen molar-refractivity contribution >= 4 is 44.3 Å². The van der Waals surface area contributed by atoms with E-state index in [1.165, 1.54) is 18.9 Å². The zero-order valence-electron chi connectivity index (χ0n) is 18.6. The maximum atomic E-state index is 12.7. The normalized spacial score (nSPS) is 14.4. The van der Waals surface area contributed by atoms with E-state index >= 15 is 0 Å². The summed E-state index contributed by atoms with van der Waals surface area (Å²) in [6.07, 6.45) is 2.35. The van der Waals surface area contributed by atoms with E-state index in [0.29, 0.717) is 16.7 Å². The number of anilines is 2. The topological polar surface area (TPSA) is 88.3 Å². The van der Waals surface area contributed by atoms with Crippen molar-refractivity contribution < 1.29 is 9.21 Å². The Balaban J connectivity index is 1.29. The quantitative estimate of drug-likeness (QED) is 0.358. The monoisotopic (exact) mass is 518 g/mol. The van der Waals surface area contributed by atoms with Crippen LogP contribution in [0.2, 0.25) is 0 Å². The Bertz CT molecular complexity index is 1390. The van der Waals surface area contributed by atoms with Crippen LogP contribution >= 0.6 is 15.9 Å². The predicted octanol–water partition coefficient (Wildman–Crippen LogP) is 5.50. The standard InChI is InChI=1S/C26H23BrN4O3/c1-16-10-12-31(13-11-16)24-9-7-22(29-30-24)17-2-5-20(6-3-17)28-25(32)21-15-18-14-19(27)4-8-23(18)34-26(21)33/h2-9,14-16H,10-13H2,1H3,(H,28,32). The largest absolute Gasteiger partial charge is 0.422 e. The van der Waals surface area contributed by atoms with Gasteiger partial charge in [-0.25, -0.2) is 4.79 Å². The number of carbonyl (C=O) groups is 1. The Morgan fingerprint density at radius 2 is 1.79 bits per heavy atom. The summed E-state index contributed by atoms with van der Waals surface area (Å²) in [6, 6.07) is 18.0. The number of piperidine rings is 1. The van der Waals surface area contributed by atoms with E-state index in [-0.39, 0.29) is 5.56 Å². The highest BCUT2D eigenvalue weighted by atomic mass is 79.9. The van der Waals surface area contributed by atoms with Crippen LogP contribution in [0.5, 0.6) is 0 Å². The molecule has 4 aromatic rings. The van der Waals surface area contributed by atoms with Crippen LogP contribution in [0.4, 0.5) is 11.5 Å². The van der Waals surface area contributed by atoms with Crippen molar-refractivity contribution in [2.24, 2.45) is 5.92 Å². The molecule has 172 valence electrons. The van der Waals surface area contributed by atoms with E-state index < -0.39 is 11.5 Å². The van der Waals surface area contributed by atoms with Gasteiger partial charge < -0.3 is 14.6 Å². The first-order chi connectivity index (χ1) is 16.5. The Morgan fingerprint density at radius 1 is 1.03 bits per heavy atom. The molecule has 1 aliphatic rings. The summed E-state index contributed by atoms with van der Waals surface area (Å²) in [7, 11) is 0. The molecule has 0 radical (unpaired) electrons. The molecule has 8 heteroatoms. The summed E-state index contributed by atoms with van der Waals surface area (Å²) in [4.78, 5) is 27.3. The lowest BCUT2D eigenvalue weighted by Crippen LogP contribution is -2.33. The molecule has 5 rings (SSSR count). The van der Waals surface area contributed by atoms with Crippen LogP contribution in [0.1, 0.15) is 30.1 Å². The smallest absolute Gasteiger partial charge is 0.349 e. The Labute approximate surface area is 204 Å². The molecule has 1 amide bonds. The molecule has 2 aromatic heterocycles. The van der Waals surface area contributed by atoms with Gasteiger partial charge in [-0.2, -0.15) is 0 Å². The van der Waals surface area contributed by atoms with Crippen LogP contribution < -0.4 is 15.8 Å². The SMILES string of the molecule is CC1CCN(c2ccc(-c3ccc(NC(=O)c4cc5cc(Br)ccc5oc4=O)cc3)nn2)CC1. The van der Waals surface area contributed by atoms with Crippen molar-refractivity contribution in [2.45, 2.75) is 19.8 Å². The van der Waals surface area contributed by atoms with E-state index in [1.54, 1.807) is 30.3 Å². The van der Waals surface area contributed by atoms with Gasteiger partial charge in [0.15, 0.2) is 5.82 Å². The Kier molecular flexibility index (Phi) is 6.15. The number of hydrogen-bond donors (Lipinski definition) is 1. The third kappa shape index (κ3) is 4.72. The van der Waals surface area contributed by atoms with E-state index in [1.807, 2.05) is 24.3 Å². The Hall–Kier alpha value is -3.52. The molecule has 2 aromatic carbocycles. The number of amides is 1. The highest BCUT2D eigenvalue weighted by Gasteiger charge is 2.18. The molecule has 1 saturated heterocycles. The van der Waals surface area contributed by atoms with Crippen LogP contribution in [-0.2, 0) is 0 Å². The number of nitrogens with one attached hydrogen (secondary N) is 1. The minimum atomic E-state index is -0.678. The summed E-state index contributed by atoms with van der Waals surface area (Å²) in [5.41, 5.74) is 1.91. The van der Waals surface area contributed by atoms with Crippen molar-refractivity contribution in [3.8, 4) is 11.3 Å². The van der Waals surface area contributed by atoms with Crippen molar-refractivity contribution in [2.75, 3.05) is 23.3 Å². The van der Waals surface area contributed by atoms with Gasteiger partial charge in [0.25, 0.3) is 5.91 Å². The summed E-state index contributed by atoms with van der Waals surface area (Å²) in [5.74, 6) is 1.14. The fourth-order valence-electron chi connectivity index (χ4n) is 4.06. The summed E-state index contributed by atoms with van der Waals surface area (Å²) in [6.45, 7) is 4.31. The van der Waals surface area contributed by atoms with E-state index in [0.717, 1.165) is 40.6 Å². The second-order valence-electron chi connectivity index (χ2n) is 8.61. The zero-order valence-corrected chi connectivity index (χ0v) is 20.2. The molecule has 0 aliphatic carbocycles. The Morgan fingerprint density at radius 3 is 2.50 bits per heavy atom. The number of aromatic nitrogens is 2. The molecule has 0 unspecified atom stereocenters. The van der Waals surface area contributed by atoms with Crippen LogP contribution in [-0.4, -0.2) is 29.2 Å². The molecule has 0 bridgehead atoms. The molecular formula is C26H23BrN4O3. The number of benzene rings is 2. The molecule has 0 atom stereocenters. The average Bonchev–Trinajstić information content (AvgIpc) is 2.85. The highest BCUT2D eigenvalue weighted by molar-refractivity contribution is 9.10. The van der Waals surface area contributed by atoms with Gasteiger partial charge >= 0.3 is 5.63 Å². The predicted molar refractivity (Wildman–Crippen MR) is 136 cm³/mol. The molecule has 0 spiro atoms. The molecule has 1 fully saturated rings. The van der Waals surface area contributed by atoms with Crippen LogP contribution in [0.3, 0.4) is 0 Å². The van der Waals surface area contributed by atoms with E-state index in [9.17, 15) is 9.59 Å². The number of fused-ring (bicyclic) bond motifs is 1. The van der Waals surface area contributed by atoms with Gasteiger partial charge in [0, 0.05) is 34.2 Å². The maximum Gasteiger partial charge on any atom is 0.349 e. The number of carbonyl (C=O) groups excluding carboxylic acids is 1. The lowest BCUT2D eigenvalue weighted by molar-refractivity contribution is 0.102. The van der Waals surface area contributed by atoms with Crippen molar-refractivity contribution in [1.29, 1.82) is 0 Å². The second kappa shape index (κ2) is 9.38. The van der Waals surface area contributed by atoms with E-state index in [4.69, 9.17) is 4.42 Å². The fourth-order valence-corrected chi connectivity index (χ4v) is 4.44. The molecular weight excluding hydrogens is 496 g/mol. The lowest BCUT2D eigenvalue weighted by Gasteiger charge is -2.30. The number of hydrogen-bond acceptors (Lipinski definition) is 6.